The Morgan fingerprint density at radius 3 is 2.41 bits per heavy atom. The van der Waals surface area contributed by atoms with Gasteiger partial charge in [-0.05, 0) is 49.4 Å². The summed E-state index contributed by atoms with van der Waals surface area (Å²) in [6.07, 6.45) is 0.621. The molecule has 22 heavy (non-hydrogen) atoms. The van der Waals surface area contributed by atoms with E-state index in [9.17, 15) is 14.7 Å². The number of carbonyl (C=O) groups is 2. The highest BCUT2D eigenvalue weighted by Crippen LogP contribution is 2.26. The average Bonchev–Trinajstić information content (AvgIpc) is 2.43. The standard InChI is InChI=1S/C16H21BrN2O3/c1-9-4-12(15(20)21)8-19(7-9)16(22)18-13-5-10(2)14(17)11(3)6-13/h5-6,9,12H,4,7-8H2,1-3H3,(H,18,22)(H,20,21). The quantitative estimate of drug-likeness (QED) is 0.836. The second-order valence-corrected chi connectivity index (χ2v) is 6.93. The van der Waals surface area contributed by atoms with Crippen molar-refractivity contribution in [3.63, 3.8) is 0 Å². The van der Waals surface area contributed by atoms with E-state index < -0.39 is 11.9 Å². The maximum atomic E-state index is 12.4. The second-order valence-electron chi connectivity index (χ2n) is 6.14. The number of carbonyl (C=O) groups excluding carboxylic acids is 1. The summed E-state index contributed by atoms with van der Waals surface area (Å²) in [5.74, 6) is -1.13. The highest BCUT2D eigenvalue weighted by atomic mass is 79.9. The van der Waals surface area contributed by atoms with Gasteiger partial charge in [0.05, 0.1) is 5.92 Å². The number of anilines is 1. The predicted octanol–water partition coefficient (Wildman–Crippen LogP) is 3.64. The van der Waals surface area contributed by atoms with Crippen molar-refractivity contribution >= 4 is 33.6 Å². The fourth-order valence-corrected chi connectivity index (χ4v) is 3.15. The van der Waals surface area contributed by atoms with Crippen molar-refractivity contribution in [1.29, 1.82) is 0 Å². The number of hydrogen-bond donors (Lipinski definition) is 2. The van der Waals surface area contributed by atoms with Crippen molar-refractivity contribution in [1.82, 2.24) is 4.90 Å². The lowest BCUT2D eigenvalue weighted by molar-refractivity contribution is -0.143. The summed E-state index contributed by atoms with van der Waals surface area (Å²) in [4.78, 5) is 25.2. The molecule has 2 amide bonds. The first-order valence-electron chi connectivity index (χ1n) is 7.33. The molecular weight excluding hydrogens is 348 g/mol. The minimum Gasteiger partial charge on any atom is -0.481 e. The molecule has 1 heterocycles. The zero-order chi connectivity index (χ0) is 16.4. The summed E-state index contributed by atoms with van der Waals surface area (Å²) in [5.41, 5.74) is 2.82. The Morgan fingerprint density at radius 1 is 1.27 bits per heavy atom. The van der Waals surface area contributed by atoms with Gasteiger partial charge >= 0.3 is 12.0 Å². The summed E-state index contributed by atoms with van der Waals surface area (Å²) >= 11 is 3.50. The fraction of sp³-hybridized carbons (Fsp3) is 0.500. The number of aryl methyl sites for hydroxylation is 2. The number of likely N-dealkylation sites (tertiary alicyclic amines) is 1. The average molecular weight is 369 g/mol. The number of rotatable bonds is 2. The summed E-state index contributed by atoms with van der Waals surface area (Å²) in [7, 11) is 0. The van der Waals surface area contributed by atoms with Gasteiger partial charge < -0.3 is 15.3 Å². The Labute approximate surface area is 138 Å². The van der Waals surface area contributed by atoms with Crippen LogP contribution in [0.2, 0.25) is 0 Å². The van der Waals surface area contributed by atoms with Gasteiger partial charge in [-0.1, -0.05) is 22.9 Å². The molecule has 5 nitrogen and oxygen atoms in total. The number of nitrogens with one attached hydrogen (secondary N) is 1. The van der Waals surface area contributed by atoms with E-state index in [0.717, 1.165) is 21.3 Å². The van der Waals surface area contributed by atoms with Crippen LogP contribution in [0.15, 0.2) is 16.6 Å². The van der Waals surface area contributed by atoms with Gasteiger partial charge in [-0.15, -0.1) is 0 Å². The van der Waals surface area contributed by atoms with Gasteiger partial charge in [0.1, 0.15) is 0 Å². The zero-order valence-corrected chi connectivity index (χ0v) is 14.6. The lowest BCUT2D eigenvalue weighted by atomic mass is 9.91. The molecule has 120 valence electrons. The van der Waals surface area contributed by atoms with Crippen LogP contribution >= 0.6 is 15.9 Å². The van der Waals surface area contributed by atoms with E-state index in [1.165, 1.54) is 0 Å². The molecule has 1 aliphatic rings. The zero-order valence-electron chi connectivity index (χ0n) is 13.0. The Kier molecular flexibility index (Phi) is 5.11. The molecule has 0 aromatic heterocycles. The number of amides is 2. The topological polar surface area (TPSA) is 69.6 Å². The van der Waals surface area contributed by atoms with Crippen LogP contribution in [-0.2, 0) is 4.79 Å². The Balaban J connectivity index is 2.10. The van der Waals surface area contributed by atoms with Gasteiger partial charge in [0, 0.05) is 23.2 Å². The lowest BCUT2D eigenvalue weighted by Crippen LogP contribution is -2.47. The molecule has 0 bridgehead atoms. The molecule has 2 N–H and O–H groups in total. The van der Waals surface area contributed by atoms with E-state index in [1.807, 2.05) is 32.9 Å². The number of aliphatic carboxylic acids is 1. The number of halogens is 1. The maximum Gasteiger partial charge on any atom is 0.321 e. The van der Waals surface area contributed by atoms with Crippen LogP contribution in [-0.4, -0.2) is 35.1 Å². The number of nitrogens with zero attached hydrogens (tertiary/aromatic N) is 1. The highest BCUT2D eigenvalue weighted by Gasteiger charge is 2.31. The molecule has 0 aliphatic carbocycles. The van der Waals surface area contributed by atoms with E-state index in [4.69, 9.17) is 0 Å². The molecule has 1 aromatic rings. The maximum absolute atomic E-state index is 12.4. The summed E-state index contributed by atoms with van der Waals surface area (Å²) in [5, 5.41) is 12.1. The van der Waals surface area contributed by atoms with E-state index in [1.54, 1.807) is 4.90 Å². The highest BCUT2D eigenvalue weighted by molar-refractivity contribution is 9.10. The van der Waals surface area contributed by atoms with Crippen LogP contribution < -0.4 is 5.32 Å². The minimum atomic E-state index is -0.834. The van der Waals surface area contributed by atoms with Crippen LogP contribution in [0, 0.1) is 25.7 Å². The molecule has 0 saturated carbocycles. The molecule has 1 aliphatic heterocycles. The number of carboxylic acid groups (broad SMARTS) is 1. The first-order chi connectivity index (χ1) is 10.3. The lowest BCUT2D eigenvalue weighted by Gasteiger charge is -2.34. The number of hydrogen-bond acceptors (Lipinski definition) is 2. The van der Waals surface area contributed by atoms with Crippen LogP contribution in [0.4, 0.5) is 10.5 Å². The molecular formula is C16H21BrN2O3. The van der Waals surface area contributed by atoms with Gasteiger partial charge in [-0.25, -0.2) is 4.79 Å². The minimum absolute atomic E-state index is 0.189. The van der Waals surface area contributed by atoms with Crippen molar-refractivity contribution in [2.75, 3.05) is 18.4 Å². The Hall–Kier alpha value is -1.56. The van der Waals surface area contributed by atoms with Gasteiger partial charge in [0.25, 0.3) is 0 Å². The summed E-state index contributed by atoms with van der Waals surface area (Å²) < 4.78 is 1.03. The predicted molar refractivity (Wildman–Crippen MR) is 89.1 cm³/mol. The summed E-state index contributed by atoms with van der Waals surface area (Å²) in [6, 6.07) is 3.56. The first kappa shape index (κ1) is 16.8. The monoisotopic (exact) mass is 368 g/mol. The molecule has 6 heteroatoms. The number of carboxylic acids is 1. The molecule has 1 saturated heterocycles. The van der Waals surface area contributed by atoms with E-state index in [-0.39, 0.29) is 18.5 Å². The van der Waals surface area contributed by atoms with E-state index in [2.05, 4.69) is 21.2 Å². The third-order valence-corrected chi connectivity index (χ3v) is 5.23. The van der Waals surface area contributed by atoms with Crippen LogP contribution in [0.25, 0.3) is 0 Å². The molecule has 2 atom stereocenters. The van der Waals surface area contributed by atoms with Gasteiger partial charge in [0.15, 0.2) is 0 Å². The third kappa shape index (κ3) is 3.80. The van der Waals surface area contributed by atoms with Crippen molar-refractivity contribution in [2.24, 2.45) is 11.8 Å². The Morgan fingerprint density at radius 2 is 1.86 bits per heavy atom. The number of urea groups is 1. The van der Waals surface area contributed by atoms with Crippen molar-refractivity contribution < 1.29 is 14.7 Å². The number of piperidine rings is 1. The van der Waals surface area contributed by atoms with Gasteiger partial charge in [-0.3, -0.25) is 4.79 Å². The van der Waals surface area contributed by atoms with Crippen LogP contribution in [0.1, 0.15) is 24.5 Å². The third-order valence-electron chi connectivity index (χ3n) is 3.98. The first-order valence-corrected chi connectivity index (χ1v) is 8.12. The Bertz CT molecular complexity index is 580. The van der Waals surface area contributed by atoms with Crippen molar-refractivity contribution in [2.45, 2.75) is 27.2 Å². The SMILES string of the molecule is Cc1cc(NC(=O)N2CC(C)CC(C(=O)O)C2)cc(C)c1Br. The van der Waals surface area contributed by atoms with E-state index in [0.29, 0.717) is 13.0 Å². The van der Waals surface area contributed by atoms with Gasteiger partial charge in [-0.2, -0.15) is 0 Å². The van der Waals surface area contributed by atoms with E-state index >= 15 is 0 Å². The molecule has 2 rings (SSSR count). The molecule has 1 aromatic carbocycles. The second kappa shape index (κ2) is 6.69. The molecule has 0 radical (unpaired) electrons. The number of benzene rings is 1. The largest absolute Gasteiger partial charge is 0.481 e. The molecule has 1 fully saturated rings. The van der Waals surface area contributed by atoms with Crippen molar-refractivity contribution in [3.8, 4) is 0 Å². The van der Waals surface area contributed by atoms with Gasteiger partial charge in [0.2, 0.25) is 0 Å². The molecule has 2 unspecified atom stereocenters. The van der Waals surface area contributed by atoms with Crippen LogP contribution in [0.3, 0.4) is 0 Å². The normalized spacial score (nSPS) is 21.5. The van der Waals surface area contributed by atoms with Crippen LogP contribution in [0.5, 0.6) is 0 Å². The molecule has 0 spiro atoms. The smallest absolute Gasteiger partial charge is 0.321 e. The fourth-order valence-electron chi connectivity index (χ4n) is 2.92. The summed E-state index contributed by atoms with van der Waals surface area (Å²) in [6.45, 7) is 6.76. The van der Waals surface area contributed by atoms with Crippen molar-refractivity contribution in [3.05, 3.63) is 27.7 Å².